The number of nitrogens with zero attached hydrogens (tertiary/aromatic N) is 5. The molecule has 298 valence electrons. The van der Waals surface area contributed by atoms with E-state index in [1.807, 2.05) is 54.6 Å². The van der Waals surface area contributed by atoms with Gasteiger partial charge in [0.15, 0.2) is 17.5 Å². The van der Waals surface area contributed by atoms with Crippen LogP contribution in [0.2, 0.25) is 0 Å². The molecule has 64 heavy (non-hydrogen) atoms. The van der Waals surface area contributed by atoms with Crippen molar-refractivity contribution in [3.8, 4) is 45.5 Å². The molecule has 0 bridgehead atoms. The van der Waals surface area contributed by atoms with E-state index in [0.29, 0.717) is 17.5 Å². The first-order valence-corrected chi connectivity index (χ1v) is 21.4. The van der Waals surface area contributed by atoms with Gasteiger partial charge in [0.1, 0.15) is 22.3 Å². The molecule has 0 fully saturated rings. The van der Waals surface area contributed by atoms with Gasteiger partial charge in [-0.05, 0) is 78.9 Å². The van der Waals surface area contributed by atoms with E-state index >= 15 is 0 Å². The van der Waals surface area contributed by atoms with Crippen molar-refractivity contribution in [2.45, 2.75) is 0 Å². The van der Waals surface area contributed by atoms with Crippen molar-refractivity contribution in [3.63, 3.8) is 0 Å². The monoisotopic (exact) mass is 819 g/mol. The number of hydrogen-bond donors (Lipinski definition) is 0. The highest BCUT2D eigenvalue weighted by atomic mass is 16.3. The van der Waals surface area contributed by atoms with E-state index in [1.54, 1.807) is 0 Å². The van der Waals surface area contributed by atoms with Crippen LogP contribution in [0.4, 0.5) is 0 Å². The fourth-order valence-corrected chi connectivity index (χ4v) is 9.89. The molecule has 0 aliphatic heterocycles. The van der Waals surface area contributed by atoms with Gasteiger partial charge in [0.2, 0.25) is 0 Å². The van der Waals surface area contributed by atoms with Crippen molar-refractivity contribution in [3.05, 3.63) is 200 Å². The van der Waals surface area contributed by atoms with Crippen LogP contribution in [0.5, 0.6) is 0 Å². The number of benzene rings is 9. The summed E-state index contributed by atoms with van der Waals surface area (Å²) in [5.74, 6) is 1.61. The van der Waals surface area contributed by atoms with E-state index in [1.165, 1.54) is 32.6 Å². The lowest BCUT2D eigenvalue weighted by molar-refractivity contribution is 0.668. The van der Waals surface area contributed by atoms with Crippen LogP contribution < -0.4 is 0 Å². The van der Waals surface area contributed by atoms with Gasteiger partial charge >= 0.3 is 0 Å². The zero-order valence-electron chi connectivity index (χ0n) is 34.1. The molecule has 0 amide bonds. The molecule has 14 rings (SSSR count). The van der Waals surface area contributed by atoms with E-state index in [4.69, 9.17) is 23.8 Å². The number of aromatic nitrogens is 5. The highest BCUT2D eigenvalue weighted by molar-refractivity contribution is 6.19. The minimum Gasteiger partial charge on any atom is -0.456 e. The molecule has 0 unspecified atom stereocenters. The number of rotatable bonds is 5. The van der Waals surface area contributed by atoms with Gasteiger partial charge in [-0.1, -0.05) is 121 Å². The standard InChI is InChI=1S/C57H33N5O2/c1-2-15-36(16-3-1)61-47-24-8-4-18-38(47)45-33-50-46(32-49(45)61)39-19-5-9-25-48(39)62(50)37-17-12-14-34(30-37)55-58-56(35-28-29-42-40-20-6-10-26-51(40)63-53(42)31-35)60-57(59-55)44-23-13-22-43-41-21-7-11-27-52(41)64-54(43)44/h1-33H. The highest BCUT2D eigenvalue weighted by Gasteiger charge is 2.21. The number of fused-ring (bicyclic) bond motifs is 12. The Morgan fingerprint density at radius 2 is 0.812 bits per heavy atom. The SMILES string of the molecule is c1ccc(-n2c3ccccc3c3cc4c(cc32)c2ccccc2n4-c2cccc(-c3nc(-c4ccc5c(c4)oc4ccccc45)nc(-c4cccc5c4oc4ccccc45)n3)c2)cc1. The van der Waals surface area contributed by atoms with Gasteiger partial charge in [-0.15, -0.1) is 0 Å². The molecule has 7 nitrogen and oxygen atoms in total. The third-order valence-electron chi connectivity index (χ3n) is 12.8. The van der Waals surface area contributed by atoms with E-state index in [9.17, 15) is 0 Å². The van der Waals surface area contributed by atoms with Crippen LogP contribution in [0.25, 0.3) is 133 Å². The molecule has 5 aromatic heterocycles. The summed E-state index contributed by atoms with van der Waals surface area (Å²) in [6.45, 7) is 0. The molecule has 0 saturated heterocycles. The van der Waals surface area contributed by atoms with Crippen molar-refractivity contribution in [2.24, 2.45) is 0 Å². The summed E-state index contributed by atoms with van der Waals surface area (Å²) in [7, 11) is 0. The third-order valence-corrected chi connectivity index (χ3v) is 12.8. The lowest BCUT2D eigenvalue weighted by Crippen LogP contribution is -2.01. The van der Waals surface area contributed by atoms with Gasteiger partial charge in [0.05, 0.1) is 27.6 Å². The van der Waals surface area contributed by atoms with Crippen molar-refractivity contribution in [2.75, 3.05) is 0 Å². The summed E-state index contributed by atoms with van der Waals surface area (Å²) in [4.78, 5) is 15.7. The fraction of sp³-hybridized carbons (Fsp3) is 0. The van der Waals surface area contributed by atoms with Crippen molar-refractivity contribution >= 4 is 87.5 Å². The fourth-order valence-electron chi connectivity index (χ4n) is 9.89. The van der Waals surface area contributed by atoms with Gasteiger partial charge in [-0.25, -0.2) is 15.0 Å². The molecule has 0 saturated carbocycles. The first kappa shape index (κ1) is 34.9. The van der Waals surface area contributed by atoms with Crippen LogP contribution >= 0.6 is 0 Å². The Balaban J connectivity index is 0.991. The average Bonchev–Trinajstić information content (AvgIpc) is 4.11. The minimum atomic E-state index is 0.522. The molecule has 5 heterocycles. The zero-order chi connectivity index (χ0) is 41.9. The Morgan fingerprint density at radius 3 is 1.53 bits per heavy atom. The molecule has 0 aliphatic rings. The smallest absolute Gasteiger partial charge is 0.167 e. The largest absolute Gasteiger partial charge is 0.456 e. The predicted octanol–water partition coefficient (Wildman–Crippen LogP) is 14.9. The molecule has 0 atom stereocenters. The summed E-state index contributed by atoms with van der Waals surface area (Å²) in [6, 6.07) is 69.8. The number of para-hydroxylation sites is 6. The normalized spacial score (nSPS) is 12.1. The molecular formula is C57H33N5O2. The van der Waals surface area contributed by atoms with Crippen LogP contribution in [0.3, 0.4) is 0 Å². The Bertz CT molecular complexity index is 4210. The average molecular weight is 820 g/mol. The Kier molecular flexibility index (Phi) is 7.27. The summed E-state index contributed by atoms with van der Waals surface area (Å²) in [6.07, 6.45) is 0. The maximum absolute atomic E-state index is 6.53. The van der Waals surface area contributed by atoms with E-state index < -0.39 is 0 Å². The van der Waals surface area contributed by atoms with E-state index in [0.717, 1.165) is 83.0 Å². The summed E-state index contributed by atoms with van der Waals surface area (Å²) < 4.78 is 17.6. The Hall–Kier alpha value is -8.81. The first-order chi connectivity index (χ1) is 31.7. The maximum atomic E-state index is 6.53. The highest BCUT2D eigenvalue weighted by Crippen LogP contribution is 2.41. The van der Waals surface area contributed by atoms with Gasteiger partial charge in [0, 0.05) is 65.6 Å². The van der Waals surface area contributed by atoms with Crippen LogP contribution in [0, 0.1) is 0 Å². The number of hydrogen-bond acceptors (Lipinski definition) is 5. The Morgan fingerprint density at radius 1 is 0.297 bits per heavy atom. The van der Waals surface area contributed by atoms with Crippen LogP contribution in [-0.2, 0) is 0 Å². The van der Waals surface area contributed by atoms with E-state index in [-0.39, 0.29) is 0 Å². The molecule has 0 N–H and O–H groups in total. The second-order valence-electron chi connectivity index (χ2n) is 16.4. The minimum absolute atomic E-state index is 0.522. The lowest BCUT2D eigenvalue weighted by Gasteiger charge is -2.12. The Labute approximate surface area is 364 Å². The second kappa shape index (κ2) is 13.3. The van der Waals surface area contributed by atoms with Crippen LogP contribution in [0.15, 0.2) is 209 Å². The van der Waals surface area contributed by atoms with Crippen molar-refractivity contribution in [1.29, 1.82) is 0 Å². The lowest BCUT2D eigenvalue weighted by atomic mass is 10.1. The molecule has 0 spiro atoms. The maximum Gasteiger partial charge on any atom is 0.167 e. The number of furan rings is 2. The second-order valence-corrected chi connectivity index (χ2v) is 16.4. The van der Waals surface area contributed by atoms with Gasteiger partial charge < -0.3 is 18.0 Å². The van der Waals surface area contributed by atoms with Crippen LogP contribution in [0.1, 0.15) is 0 Å². The first-order valence-electron chi connectivity index (χ1n) is 21.4. The molecule has 9 aromatic carbocycles. The summed E-state index contributed by atoms with van der Waals surface area (Å²) >= 11 is 0. The molecule has 14 aromatic rings. The molecular weight excluding hydrogens is 787 g/mol. The van der Waals surface area contributed by atoms with Gasteiger partial charge in [0.25, 0.3) is 0 Å². The predicted molar refractivity (Wildman–Crippen MR) is 259 cm³/mol. The zero-order valence-corrected chi connectivity index (χ0v) is 34.1. The van der Waals surface area contributed by atoms with Gasteiger partial charge in [-0.2, -0.15) is 0 Å². The van der Waals surface area contributed by atoms with Crippen molar-refractivity contribution in [1.82, 2.24) is 24.1 Å². The quantitative estimate of drug-likeness (QED) is 0.173. The third kappa shape index (κ3) is 5.12. The van der Waals surface area contributed by atoms with Crippen molar-refractivity contribution < 1.29 is 8.83 Å². The molecule has 0 radical (unpaired) electrons. The topological polar surface area (TPSA) is 74.8 Å². The molecule has 0 aliphatic carbocycles. The van der Waals surface area contributed by atoms with Crippen LogP contribution in [-0.4, -0.2) is 24.1 Å². The molecule has 7 heteroatoms. The van der Waals surface area contributed by atoms with E-state index in [2.05, 4.69) is 155 Å². The summed E-state index contributed by atoms with van der Waals surface area (Å²) in [5.41, 5.74) is 12.4. The summed E-state index contributed by atoms with van der Waals surface area (Å²) in [5, 5.41) is 8.93. The van der Waals surface area contributed by atoms with Gasteiger partial charge in [-0.3, -0.25) is 0 Å².